The Morgan fingerprint density at radius 3 is 2.12 bits per heavy atom. The fourth-order valence-electron chi connectivity index (χ4n) is 2.02. The number of hydrogen-bond donors (Lipinski definition) is 2. The van der Waals surface area contributed by atoms with E-state index >= 15 is 0 Å². The Hall–Kier alpha value is -2.32. The molecule has 8 heteroatoms. The Labute approximate surface area is 145 Å². The summed E-state index contributed by atoms with van der Waals surface area (Å²) >= 11 is 0. The SMILES string of the molecule is CC(C)(C)NS(=O)(=O)c1ccc(NC(=O)c2ccc(F)cc2)c(F)c1. The van der Waals surface area contributed by atoms with Crippen molar-refractivity contribution in [3.63, 3.8) is 0 Å². The molecule has 0 radical (unpaired) electrons. The molecule has 0 fully saturated rings. The first-order valence-corrected chi connectivity index (χ1v) is 8.87. The van der Waals surface area contributed by atoms with E-state index in [1.54, 1.807) is 20.8 Å². The Balaban J connectivity index is 2.22. The van der Waals surface area contributed by atoms with Gasteiger partial charge in [0.1, 0.15) is 11.6 Å². The van der Waals surface area contributed by atoms with Gasteiger partial charge in [-0.1, -0.05) is 0 Å². The number of amides is 1. The Morgan fingerprint density at radius 1 is 1.00 bits per heavy atom. The van der Waals surface area contributed by atoms with Crippen LogP contribution in [0.2, 0.25) is 0 Å². The summed E-state index contributed by atoms with van der Waals surface area (Å²) in [4.78, 5) is 11.8. The van der Waals surface area contributed by atoms with Crippen molar-refractivity contribution < 1.29 is 22.0 Å². The molecule has 5 nitrogen and oxygen atoms in total. The van der Waals surface area contributed by atoms with Crippen LogP contribution in [0.3, 0.4) is 0 Å². The molecular formula is C17H18F2N2O3S. The Bertz CT molecular complexity index is 889. The van der Waals surface area contributed by atoms with Crippen molar-refractivity contribution in [3.05, 3.63) is 59.7 Å². The van der Waals surface area contributed by atoms with Gasteiger partial charge in [-0.25, -0.2) is 21.9 Å². The molecule has 0 atom stereocenters. The van der Waals surface area contributed by atoms with Crippen LogP contribution in [-0.2, 0) is 10.0 Å². The molecule has 2 N–H and O–H groups in total. The third kappa shape index (κ3) is 5.07. The highest BCUT2D eigenvalue weighted by Crippen LogP contribution is 2.21. The van der Waals surface area contributed by atoms with E-state index in [4.69, 9.17) is 0 Å². The van der Waals surface area contributed by atoms with Gasteiger partial charge in [0, 0.05) is 11.1 Å². The number of nitrogens with one attached hydrogen (secondary N) is 2. The second-order valence-electron chi connectivity index (χ2n) is 6.46. The van der Waals surface area contributed by atoms with E-state index in [9.17, 15) is 22.0 Å². The van der Waals surface area contributed by atoms with Gasteiger partial charge < -0.3 is 5.32 Å². The first-order valence-electron chi connectivity index (χ1n) is 7.38. The van der Waals surface area contributed by atoms with Crippen LogP contribution in [0.25, 0.3) is 0 Å². The second kappa shape index (κ2) is 6.89. The number of sulfonamides is 1. The second-order valence-corrected chi connectivity index (χ2v) is 8.14. The summed E-state index contributed by atoms with van der Waals surface area (Å²) < 4.78 is 53.8. The lowest BCUT2D eigenvalue weighted by Gasteiger charge is -2.20. The maximum atomic E-state index is 14.2. The van der Waals surface area contributed by atoms with Gasteiger partial charge in [0.25, 0.3) is 5.91 Å². The smallest absolute Gasteiger partial charge is 0.255 e. The molecule has 2 aromatic rings. The first kappa shape index (κ1) is 19.0. The van der Waals surface area contributed by atoms with Gasteiger partial charge in [0.15, 0.2) is 0 Å². The summed E-state index contributed by atoms with van der Waals surface area (Å²) in [6.07, 6.45) is 0. The van der Waals surface area contributed by atoms with Crippen LogP contribution >= 0.6 is 0 Å². The summed E-state index contributed by atoms with van der Waals surface area (Å²) in [7, 11) is -3.89. The van der Waals surface area contributed by atoms with Crippen molar-refractivity contribution in [3.8, 4) is 0 Å². The summed E-state index contributed by atoms with van der Waals surface area (Å²) in [6.45, 7) is 4.99. The quantitative estimate of drug-likeness (QED) is 0.870. The minimum absolute atomic E-state index is 0.145. The summed E-state index contributed by atoms with van der Waals surface area (Å²) in [6, 6.07) is 7.92. The molecule has 2 rings (SSSR count). The van der Waals surface area contributed by atoms with E-state index in [0.717, 1.165) is 24.3 Å². The summed E-state index contributed by atoms with van der Waals surface area (Å²) in [5, 5.41) is 2.32. The Morgan fingerprint density at radius 2 is 1.60 bits per heavy atom. The highest BCUT2D eigenvalue weighted by molar-refractivity contribution is 7.89. The maximum absolute atomic E-state index is 14.2. The molecule has 0 saturated carbocycles. The minimum Gasteiger partial charge on any atom is -0.319 e. The predicted octanol–water partition coefficient (Wildman–Crippen LogP) is 3.29. The zero-order chi connectivity index (χ0) is 18.8. The molecule has 0 aliphatic rings. The fraction of sp³-hybridized carbons (Fsp3) is 0.235. The lowest BCUT2D eigenvalue weighted by molar-refractivity contribution is 0.102. The van der Waals surface area contributed by atoms with E-state index in [1.165, 1.54) is 18.2 Å². The molecule has 0 aromatic heterocycles. The van der Waals surface area contributed by atoms with Gasteiger partial charge in [-0.3, -0.25) is 4.79 Å². The topological polar surface area (TPSA) is 75.3 Å². The maximum Gasteiger partial charge on any atom is 0.255 e. The standard InChI is InChI=1S/C17H18F2N2O3S/c1-17(2,3)21-25(23,24)13-8-9-15(14(19)10-13)20-16(22)11-4-6-12(18)7-5-11/h4-10,21H,1-3H3,(H,20,22). The van der Waals surface area contributed by atoms with Gasteiger partial charge in [0.05, 0.1) is 10.6 Å². The van der Waals surface area contributed by atoms with Gasteiger partial charge in [0.2, 0.25) is 10.0 Å². The zero-order valence-electron chi connectivity index (χ0n) is 13.9. The van der Waals surface area contributed by atoms with Crippen LogP contribution in [0.1, 0.15) is 31.1 Å². The van der Waals surface area contributed by atoms with Gasteiger partial charge in [-0.15, -0.1) is 0 Å². The van der Waals surface area contributed by atoms with Crippen molar-refractivity contribution in [1.82, 2.24) is 4.72 Å². The molecule has 134 valence electrons. The molecule has 0 unspecified atom stereocenters. The van der Waals surface area contributed by atoms with Crippen molar-refractivity contribution in [1.29, 1.82) is 0 Å². The first-order chi connectivity index (χ1) is 11.5. The Kier molecular flexibility index (Phi) is 5.24. The van der Waals surface area contributed by atoms with Crippen molar-refractivity contribution in [2.24, 2.45) is 0 Å². The van der Waals surface area contributed by atoms with E-state index in [0.29, 0.717) is 0 Å². The van der Waals surface area contributed by atoms with Crippen LogP contribution in [0.4, 0.5) is 14.5 Å². The van der Waals surface area contributed by atoms with Gasteiger partial charge >= 0.3 is 0 Å². The number of rotatable bonds is 4. The molecule has 1 amide bonds. The average Bonchev–Trinajstić information content (AvgIpc) is 2.47. The fourth-order valence-corrected chi connectivity index (χ4v) is 3.45. The molecular weight excluding hydrogens is 350 g/mol. The lowest BCUT2D eigenvalue weighted by atomic mass is 10.1. The van der Waals surface area contributed by atoms with Gasteiger partial charge in [-0.05, 0) is 63.2 Å². The lowest BCUT2D eigenvalue weighted by Crippen LogP contribution is -2.40. The molecule has 0 bridgehead atoms. The third-order valence-electron chi connectivity index (χ3n) is 3.05. The molecule has 0 spiro atoms. The summed E-state index contributed by atoms with van der Waals surface area (Å²) in [5.41, 5.74) is -0.749. The highest BCUT2D eigenvalue weighted by atomic mass is 32.2. The van der Waals surface area contributed by atoms with Crippen LogP contribution in [0.15, 0.2) is 47.4 Å². The van der Waals surface area contributed by atoms with E-state index in [1.807, 2.05) is 0 Å². The number of hydrogen-bond acceptors (Lipinski definition) is 3. The molecule has 0 aliphatic carbocycles. The summed E-state index contributed by atoms with van der Waals surface area (Å²) in [5.74, 6) is -2.03. The molecule has 0 heterocycles. The average molecular weight is 368 g/mol. The largest absolute Gasteiger partial charge is 0.319 e. The normalized spacial score (nSPS) is 12.0. The number of halogens is 2. The van der Waals surface area contributed by atoms with Crippen molar-refractivity contribution >= 4 is 21.6 Å². The molecule has 0 aliphatic heterocycles. The molecule has 0 saturated heterocycles. The molecule has 25 heavy (non-hydrogen) atoms. The molecule has 2 aromatic carbocycles. The van der Waals surface area contributed by atoms with Crippen molar-refractivity contribution in [2.75, 3.05) is 5.32 Å². The number of carbonyl (C=O) groups excluding carboxylic acids is 1. The van der Waals surface area contributed by atoms with E-state index < -0.39 is 33.1 Å². The minimum atomic E-state index is -3.89. The van der Waals surface area contributed by atoms with E-state index in [2.05, 4.69) is 10.0 Å². The number of carbonyl (C=O) groups is 1. The number of anilines is 1. The van der Waals surface area contributed by atoms with E-state index in [-0.39, 0.29) is 16.1 Å². The number of benzene rings is 2. The van der Waals surface area contributed by atoms with Crippen molar-refractivity contribution in [2.45, 2.75) is 31.2 Å². The van der Waals surface area contributed by atoms with Crippen LogP contribution in [0.5, 0.6) is 0 Å². The monoisotopic (exact) mass is 368 g/mol. The van der Waals surface area contributed by atoms with Crippen LogP contribution < -0.4 is 10.0 Å². The third-order valence-corrected chi connectivity index (χ3v) is 4.80. The predicted molar refractivity (Wildman–Crippen MR) is 90.8 cm³/mol. The van der Waals surface area contributed by atoms with Crippen LogP contribution in [-0.4, -0.2) is 19.9 Å². The van der Waals surface area contributed by atoms with Gasteiger partial charge in [-0.2, -0.15) is 0 Å². The van der Waals surface area contributed by atoms with Crippen LogP contribution in [0, 0.1) is 11.6 Å². The zero-order valence-corrected chi connectivity index (χ0v) is 14.7. The highest BCUT2D eigenvalue weighted by Gasteiger charge is 2.23.